The fraction of sp³-hybridized carbons (Fsp3) is 0.571. The molecule has 1 aliphatic carbocycles. The first-order valence-electron chi connectivity index (χ1n) is 9.53. The summed E-state index contributed by atoms with van der Waals surface area (Å²) in [6.07, 6.45) is 7.36. The summed E-state index contributed by atoms with van der Waals surface area (Å²) in [6.45, 7) is 0.656. The molecule has 1 amide bonds. The summed E-state index contributed by atoms with van der Waals surface area (Å²) in [7, 11) is 0. The fourth-order valence-corrected chi connectivity index (χ4v) is 4.33. The third kappa shape index (κ3) is 4.17. The molecule has 134 valence electrons. The lowest BCUT2D eigenvalue weighted by Gasteiger charge is -2.33. The molecule has 1 aromatic carbocycles. The number of carbonyl (C=O) groups excluding carboxylic acids is 3. The Morgan fingerprint density at radius 2 is 1.72 bits per heavy atom. The number of aryl methyl sites for hydroxylation is 1. The van der Waals surface area contributed by atoms with Crippen molar-refractivity contribution in [1.29, 1.82) is 0 Å². The third-order valence-electron chi connectivity index (χ3n) is 5.74. The minimum absolute atomic E-state index is 0.0346. The van der Waals surface area contributed by atoms with Gasteiger partial charge in [0.1, 0.15) is 12.1 Å². The van der Waals surface area contributed by atoms with Crippen molar-refractivity contribution in [3.05, 3.63) is 35.9 Å². The van der Waals surface area contributed by atoms with Crippen molar-refractivity contribution >= 4 is 18.0 Å². The predicted octanol–water partition coefficient (Wildman–Crippen LogP) is 3.18. The second-order valence-electron chi connectivity index (χ2n) is 7.33. The quantitative estimate of drug-likeness (QED) is 0.747. The molecular formula is C21H27NO3. The molecule has 4 nitrogen and oxygen atoms in total. The van der Waals surface area contributed by atoms with Crippen LogP contribution in [0.2, 0.25) is 0 Å². The molecule has 0 unspecified atom stereocenters. The monoisotopic (exact) mass is 341 g/mol. The van der Waals surface area contributed by atoms with Crippen LogP contribution < -0.4 is 0 Å². The van der Waals surface area contributed by atoms with Crippen LogP contribution in [-0.2, 0) is 20.8 Å². The van der Waals surface area contributed by atoms with E-state index in [0.29, 0.717) is 13.0 Å². The SMILES string of the molecule is O=C[C@@H]1CCCN1C(=O)[C@H]1CCCC[C@@H]1C(=O)CCc1ccccc1. The number of ketones is 1. The maximum atomic E-state index is 13.0. The van der Waals surface area contributed by atoms with E-state index < -0.39 is 0 Å². The maximum Gasteiger partial charge on any atom is 0.227 e. The zero-order valence-electron chi connectivity index (χ0n) is 14.7. The lowest BCUT2D eigenvalue weighted by atomic mass is 9.75. The van der Waals surface area contributed by atoms with Gasteiger partial charge in [-0.3, -0.25) is 9.59 Å². The number of likely N-dealkylation sites (tertiary alicyclic amines) is 1. The van der Waals surface area contributed by atoms with E-state index in [9.17, 15) is 14.4 Å². The van der Waals surface area contributed by atoms with E-state index in [4.69, 9.17) is 0 Å². The Bertz CT molecular complexity index is 613. The summed E-state index contributed by atoms with van der Waals surface area (Å²) in [5.74, 6) is -0.147. The van der Waals surface area contributed by atoms with Crippen LogP contribution in [0.5, 0.6) is 0 Å². The molecule has 1 aliphatic heterocycles. The van der Waals surface area contributed by atoms with Crippen LogP contribution in [0.1, 0.15) is 50.5 Å². The number of rotatable bonds is 6. The summed E-state index contributed by atoms with van der Waals surface area (Å²) in [6, 6.07) is 9.74. The summed E-state index contributed by atoms with van der Waals surface area (Å²) in [4.78, 5) is 38.7. The second-order valence-corrected chi connectivity index (χ2v) is 7.33. The number of benzene rings is 1. The highest BCUT2D eigenvalue weighted by molar-refractivity contribution is 5.90. The summed E-state index contributed by atoms with van der Waals surface area (Å²) >= 11 is 0. The van der Waals surface area contributed by atoms with Gasteiger partial charge in [0.2, 0.25) is 5.91 Å². The molecule has 1 saturated carbocycles. The van der Waals surface area contributed by atoms with E-state index in [1.54, 1.807) is 4.90 Å². The highest BCUT2D eigenvalue weighted by atomic mass is 16.2. The molecule has 1 saturated heterocycles. The largest absolute Gasteiger partial charge is 0.333 e. The summed E-state index contributed by atoms with van der Waals surface area (Å²) < 4.78 is 0. The zero-order chi connectivity index (χ0) is 17.6. The number of amides is 1. The van der Waals surface area contributed by atoms with E-state index in [2.05, 4.69) is 0 Å². The lowest BCUT2D eigenvalue weighted by Crippen LogP contribution is -2.45. The summed E-state index contributed by atoms with van der Waals surface area (Å²) in [5.41, 5.74) is 1.16. The van der Waals surface area contributed by atoms with Gasteiger partial charge in [-0.15, -0.1) is 0 Å². The van der Waals surface area contributed by atoms with E-state index in [1.165, 1.54) is 0 Å². The summed E-state index contributed by atoms with van der Waals surface area (Å²) in [5, 5.41) is 0. The van der Waals surface area contributed by atoms with Crippen molar-refractivity contribution in [2.45, 2.75) is 57.4 Å². The van der Waals surface area contributed by atoms with Crippen LogP contribution in [0.4, 0.5) is 0 Å². The van der Waals surface area contributed by atoms with Gasteiger partial charge in [-0.25, -0.2) is 0 Å². The van der Waals surface area contributed by atoms with E-state index in [-0.39, 0.29) is 29.6 Å². The molecule has 3 rings (SSSR count). The Kier molecular flexibility index (Phi) is 6.00. The van der Waals surface area contributed by atoms with Gasteiger partial charge in [0.25, 0.3) is 0 Å². The van der Waals surface area contributed by atoms with Gasteiger partial charge < -0.3 is 9.69 Å². The third-order valence-corrected chi connectivity index (χ3v) is 5.74. The number of hydrogen-bond acceptors (Lipinski definition) is 3. The van der Waals surface area contributed by atoms with Gasteiger partial charge in [0.15, 0.2) is 0 Å². The van der Waals surface area contributed by atoms with Gasteiger partial charge in [0, 0.05) is 24.8 Å². The minimum atomic E-state index is -0.283. The molecule has 0 N–H and O–H groups in total. The first-order valence-corrected chi connectivity index (χ1v) is 9.53. The second kappa shape index (κ2) is 8.41. The molecule has 25 heavy (non-hydrogen) atoms. The van der Waals surface area contributed by atoms with Crippen molar-refractivity contribution in [2.75, 3.05) is 6.54 Å². The van der Waals surface area contributed by atoms with Crippen LogP contribution >= 0.6 is 0 Å². The van der Waals surface area contributed by atoms with Gasteiger partial charge in [0.05, 0.1) is 6.04 Å². The van der Waals surface area contributed by atoms with Crippen LogP contribution in [0.25, 0.3) is 0 Å². The average Bonchev–Trinajstić information content (AvgIpc) is 3.15. The van der Waals surface area contributed by atoms with Crippen molar-refractivity contribution in [3.63, 3.8) is 0 Å². The van der Waals surface area contributed by atoms with Crippen molar-refractivity contribution in [1.82, 2.24) is 4.90 Å². The highest BCUT2D eigenvalue weighted by Gasteiger charge is 2.40. The number of Topliss-reactive ketones (excluding diaryl/α,β-unsaturated/α-hetero) is 1. The molecular weight excluding hydrogens is 314 g/mol. The molecule has 2 fully saturated rings. The number of nitrogens with zero attached hydrogens (tertiary/aromatic N) is 1. The van der Waals surface area contributed by atoms with Gasteiger partial charge in [-0.1, -0.05) is 43.2 Å². The molecule has 1 heterocycles. The Morgan fingerprint density at radius 1 is 1.00 bits per heavy atom. The van der Waals surface area contributed by atoms with Crippen molar-refractivity contribution in [3.8, 4) is 0 Å². The molecule has 0 spiro atoms. The minimum Gasteiger partial charge on any atom is -0.333 e. The molecule has 2 aliphatic rings. The van der Waals surface area contributed by atoms with Gasteiger partial charge >= 0.3 is 0 Å². The van der Waals surface area contributed by atoms with Crippen LogP contribution in [0.15, 0.2) is 30.3 Å². The smallest absolute Gasteiger partial charge is 0.227 e. The van der Waals surface area contributed by atoms with Crippen LogP contribution in [-0.4, -0.2) is 35.5 Å². The number of hydrogen-bond donors (Lipinski definition) is 0. The Balaban J connectivity index is 1.64. The maximum absolute atomic E-state index is 13.0. The standard InChI is InChI=1S/C21H27NO3/c23-15-17-9-6-14-22(17)21(25)19-11-5-4-10-18(19)20(24)13-12-16-7-2-1-3-8-16/h1-3,7-8,15,17-19H,4-6,9-14H2/t17-,18-,19-/m0/s1. The van der Waals surface area contributed by atoms with Gasteiger partial charge in [-0.05, 0) is 37.7 Å². The van der Waals surface area contributed by atoms with E-state index >= 15 is 0 Å². The first-order chi connectivity index (χ1) is 12.2. The molecule has 0 aromatic heterocycles. The zero-order valence-corrected chi connectivity index (χ0v) is 14.7. The Morgan fingerprint density at radius 3 is 2.44 bits per heavy atom. The first kappa shape index (κ1) is 17.8. The van der Waals surface area contributed by atoms with Crippen LogP contribution in [0, 0.1) is 11.8 Å². The Labute approximate surface area is 149 Å². The number of carbonyl (C=O) groups is 3. The topological polar surface area (TPSA) is 54.5 Å². The fourth-order valence-electron chi connectivity index (χ4n) is 4.33. The van der Waals surface area contributed by atoms with Crippen LogP contribution in [0.3, 0.4) is 0 Å². The van der Waals surface area contributed by atoms with E-state index in [1.807, 2.05) is 30.3 Å². The normalized spacial score (nSPS) is 26.4. The van der Waals surface area contributed by atoms with E-state index in [0.717, 1.165) is 56.8 Å². The lowest BCUT2D eigenvalue weighted by molar-refractivity contribution is -0.144. The molecule has 4 heteroatoms. The average molecular weight is 341 g/mol. The highest BCUT2D eigenvalue weighted by Crippen LogP contribution is 2.34. The molecule has 0 bridgehead atoms. The predicted molar refractivity (Wildman–Crippen MR) is 96.0 cm³/mol. The molecule has 1 aromatic rings. The Hall–Kier alpha value is -1.97. The molecule has 3 atom stereocenters. The van der Waals surface area contributed by atoms with Gasteiger partial charge in [-0.2, -0.15) is 0 Å². The molecule has 0 radical (unpaired) electrons. The van der Waals surface area contributed by atoms with Crippen molar-refractivity contribution in [2.24, 2.45) is 11.8 Å². The number of aldehydes is 1. The van der Waals surface area contributed by atoms with Crippen molar-refractivity contribution < 1.29 is 14.4 Å².